The molecule has 0 heterocycles. The average molecular weight is 287 g/mol. The zero-order valence-corrected chi connectivity index (χ0v) is 13.3. The standard InChI is InChI=1S/C19H29NO/c1-2-3-4-5-6-7-8-9-10-14-17-20-19(21)18-15-12-11-13-16-18/h11-17H,2-10H2,1H3,(H,20,21). The lowest BCUT2D eigenvalue weighted by Crippen LogP contribution is -2.16. The number of hydrogen-bond donors (Lipinski definition) is 1. The Balaban J connectivity index is 1.97. The first-order chi connectivity index (χ1) is 10.3. The molecule has 0 aliphatic heterocycles. The van der Waals surface area contributed by atoms with Crippen LogP contribution in [0.3, 0.4) is 0 Å². The van der Waals surface area contributed by atoms with Crippen molar-refractivity contribution in [3.05, 3.63) is 48.2 Å². The van der Waals surface area contributed by atoms with E-state index < -0.39 is 0 Å². The molecule has 0 aliphatic carbocycles. The maximum absolute atomic E-state index is 11.7. The van der Waals surface area contributed by atoms with Crippen molar-refractivity contribution < 1.29 is 4.79 Å². The van der Waals surface area contributed by atoms with Crippen LogP contribution in [-0.2, 0) is 0 Å². The van der Waals surface area contributed by atoms with E-state index in [0.717, 1.165) is 6.42 Å². The van der Waals surface area contributed by atoms with Gasteiger partial charge in [-0.05, 0) is 25.0 Å². The Kier molecular flexibility index (Phi) is 10.1. The van der Waals surface area contributed by atoms with Crippen LogP contribution in [0.15, 0.2) is 42.6 Å². The van der Waals surface area contributed by atoms with Crippen LogP contribution in [-0.4, -0.2) is 5.91 Å². The van der Waals surface area contributed by atoms with Crippen molar-refractivity contribution in [2.24, 2.45) is 0 Å². The molecule has 0 aromatic heterocycles. The first-order valence-corrected chi connectivity index (χ1v) is 8.35. The first kappa shape index (κ1) is 17.5. The van der Waals surface area contributed by atoms with Crippen LogP contribution >= 0.6 is 0 Å². The molecule has 0 saturated carbocycles. The highest BCUT2D eigenvalue weighted by Crippen LogP contribution is 2.09. The topological polar surface area (TPSA) is 29.1 Å². The van der Waals surface area contributed by atoms with Crippen LogP contribution in [0, 0.1) is 0 Å². The van der Waals surface area contributed by atoms with Crippen molar-refractivity contribution in [1.29, 1.82) is 0 Å². The second-order valence-corrected chi connectivity index (χ2v) is 5.51. The van der Waals surface area contributed by atoms with Gasteiger partial charge in [0, 0.05) is 11.8 Å². The van der Waals surface area contributed by atoms with Crippen molar-refractivity contribution in [2.45, 2.75) is 64.7 Å². The molecule has 0 fully saturated rings. The number of nitrogens with one attached hydrogen (secondary N) is 1. The Hall–Kier alpha value is -1.57. The van der Waals surface area contributed by atoms with Gasteiger partial charge in [0.25, 0.3) is 5.91 Å². The van der Waals surface area contributed by atoms with Crippen molar-refractivity contribution in [1.82, 2.24) is 5.32 Å². The third kappa shape index (κ3) is 9.06. The minimum atomic E-state index is -0.0391. The maximum atomic E-state index is 11.7. The second kappa shape index (κ2) is 12.2. The molecule has 0 aliphatic rings. The van der Waals surface area contributed by atoms with E-state index >= 15 is 0 Å². The minimum absolute atomic E-state index is 0.0391. The number of carbonyl (C=O) groups excluding carboxylic acids is 1. The Labute approximate surface area is 129 Å². The molecule has 0 bridgehead atoms. The summed E-state index contributed by atoms with van der Waals surface area (Å²) in [6, 6.07) is 9.30. The van der Waals surface area contributed by atoms with Gasteiger partial charge in [0.1, 0.15) is 0 Å². The first-order valence-electron chi connectivity index (χ1n) is 8.35. The van der Waals surface area contributed by atoms with Gasteiger partial charge in [0.05, 0.1) is 0 Å². The van der Waals surface area contributed by atoms with E-state index in [-0.39, 0.29) is 5.91 Å². The average Bonchev–Trinajstić information content (AvgIpc) is 2.53. The molecule has 1 rings (SSSR count). The molecular weight excluding hydrogens is 258 g/mol. The van der Waals surface area contributed by atoms with Crippen LogP contribution in [0.5, 0.6) is 0 Å². The number of rotatable bonds is 11. The van der Waals surface area contributed by atoms with E-state index in [9.17, 15) is 4.79 Å². The zero-order valence-electron chi connectivity index (χ0n) is 13.3. The van der Waals surface area contributed by atoms with E-state index in [1.807, 2.05) is 30.3 Å². The van der Waals surface area contributed by atoms with E-state index in [0.29, 0.717) is 5.56 Å². The smallest absolute Gasteiger partial charge is 0.255 e. The summed E-state index contributed by atoms with van der Waals surface area (Å²) in [6.45, 7) is 2.25. The van der Waals surface area contributed by atoms with Crippen LogP contribution in [0.25, 0.3) is 0 Å². The van der Waals surface area contributed by atoms with Crippen molar-refractivity contribution in [3.63, 3.8) is 0 Å². The van der Waals surface area contributed by atoms with Gasteiger partial charge in [-0.2, -0.15) is 0 Å². The molecule has 0 radical (unpaired) electrons. The summed E-state index contributed by atoms with van der Waals surface area (Å²) in [4.78, 5) is 11.7. The van der Waals surface area contributed by atoms with Gasteiger partial charge >= 0.3 is 0 Å². The third-order valence-electron chi connectivity index (χ3n) is 3.59. The molecule has 0 unspecified atom stereocenters. The fourth-order valence-electron chi connectivity index (χ4n) is 2.29. The van der Waals surface area contributed by atoms with Gasteiger partial charge in [-0.3, -0.25) is 4.79 Å². The molecule has 1 aromatic carbocycles. The molecule has 21 heavy (non-hydrogen) atoms. The summed E-state index contributed by atoms with van der Waals surface area (Å²) in [7, 11) is 0. The van der Waals surface area contributed by atoms with E-state index in [2.05, 4.69) is 18.3 Å². The molecule has 116 valence electrons. The zero-order chi connectivity index (χ0) is 15.2. The minimum Gasteiger partial charge on any atom is -0.329 e. The molecule has 1 amide bonds. The van der Waals surface area contributed by atoms with Gasteiger partial charge in [-0.1, -0.05) is 76.1 Å². The number of benzene rings is 1. The van der Waals surface area contributed by atoms with Gasteiger partial charge in [-0.15, -0.1) is 0 Å². The van der Waals surface area contributed by atoms with E-state index in [1.54, 1.807) is 6.20 Å². The lowest BCUT2D eigenvalue weighted by atomic mass is 10.1. The Morgan fingerprint density at radius 3 is 2.24 bits per heavy atom. The van der Waals surface area contributed by atoms with Gasteiger partial charge in [-0.25, -0.2) is 0 Å². The lowest BCUT2D eigenvalue weighted by Gasteiger charge is -2.00. The fraction of sp³-hybridized carbons (Fsp3) is 0.526. The number of unbranched alkanes of at least 4 members (excludes halogenated alkanes) is 8. The Morgan fingerprint density at radius 1 is 0.952 bits per heavy atom. The quantitative estimate of drug-likeness (QED) is 0.538. The molecule has 0 atom stereocenters. The highest BCUT2D eigenvalue weighted by molar-refractivity contribution is 5.94. The van der Waals surface area contributed by atoms with E-state index in [4.69, 9.17) is 0 Å². The number of amides is 1. The largest absolute Gasteiger partial charge is 0.329 e. The normalized spacial score (nSPS) is 10.9. The van der Waals surface area contributed by atoms with Gasteiger partial charge < -0.3 is 5.32 Å². The molecule has 2 heteroatoms. The molecular formula is C19H29NO. The summed E-state index contributed by atoms with van der Waals surface area (Å²) in [5.74, 6) is -0.0391. The molecule has 0 spiro atoms. The predicted molar refractivity (Wildman–Crippen MR) is 90.3 cm³/mol. The summed E-state index contributed by atoms with van der Waals surface area (Å²) < 4.78 is 0. The SMILES string of the molecule is CCCCCCCCCCC=CNC(=O)c1ccccc1. The van der Waals surface area contributed by atoms with Crippen LogP contribution in [0.2, 0.25) is 0 Å². The number of hydrogen-bond acceptors (Lipinski definition) is 1. The summed E-state index contributed by atoms with van der Waals surface area (Å²) in [5.41, 5.74) is 0.703. The summed E-state index contributed by atoms with van der Waals surface area (Å²) in [5, 5.41) is 2.80. The van der Waals surface area contributed by atoms with E-state index in [1.165, 1.54) is 51.4 Å². The van der Waals surface area contributed by atoms with Crippen molar-refractivity contribution in [3.8, 4) is 0 Å². The predicted octanol–water partition coefficient (Wildman–Crippen LogP) is 5.46. The van der Waals surface area contributed by atoms with Crippen LogP contribution in [0.4, 0.5) is 0 Å². The summed E-state index contributed by atoms with van der Waals surface area (Å²) in [6.07, 6.45) is 15.6. The lowest BCUT2D eigenvalue weighted by molar-refractivity contribution is 0.0970. The van der Waals surface area contributed by atoms with Crippen LogP contribution < -0.4 is 5.32 Å². The van der Waals surface area contributed by atoms with Crippen molar-refractivity contribution >= 4 is 5.91 Å². The monoisotopic (exact) mass is 287 g/mol. The Bertz CT molecular complexity index is 397. The fourth-order valence-corrected chi connectivity index (χ4v) is 2.29. The highest BCUT2D eigenvalue weighted by Gasteiger charge is 2.00. The molecule has 2 nitrogen and oxygen atoms in total. The number of allylic oxidation sites excluding steroid dienone is 1. The van der Waals surface area contributed by atoms with Gasteiger partial charge in [0.2, 0.25) is 0 Å². The molecule has 1 aromatic rings. The number of carbonyl (C=O) groups is 1. The maximum Gasteiger partial charge on any atom is 0.255 e. The third-order valence-corrected chi connectivity index (χ3v) is 3.59. The van der Waals surface area contributed by atoms with Crippen LogP contribution in [0.1, 0.15) is 75.1 Å². The molecule has 1 N–H and O–H groups in total. The highest BCUT2D eigenvalue weighted by atomic mass is 16.1. The molecule has 0 saturated heterocycles. The Morgan fingerprint density at radius 2 is 1.57 bits per heavy atom. The van der Waals surface area contributed by atoms with Crippen molar-refractivity contribution in [2.75, 3.05) is 0 Å². The summed E-state index contributed by atoms with van der Waals surface area (Å²) >= 11 is 0. The second-order valence-electron chi connectivity index (χ2n) is 5.51. The van der Waals surface area contributed by atoms with Gasteiger partial charge in [0.15, 0.2) is 0 Å².